The second kappa shape index (κ2) is 7.63. The minimum absolute atomic E-state index is 0.192. The maximum absolute atomic E-state index is 10.9. The van der Waals surface area contributed by atoms with Crippen LogP contribution in [0.1, 0.15) is 19.8 Å². The standard InChI is InChI=1S/C10H17NO2/c1-4-6-7-8-11(5-2)9-10(12)13-3/h1H,5-9H2,2-3H3. The molecule has 0 spiro atoms. The first-order chi connectivity index (χ1) is 6.24. The lowest BCUT2D eigenvalue weighted by Crippen LogP contribution is -2.31. The Morgan fingerprint density at radius 3 is 2.77 bits per heavy atom. The summed E-state index contributed by atoms with van der Waals surface area (Å²) >= 11 is 0. The maximum Gasteiger partial charge on any atom is 0.319 e. The lowest BCUT2D eigenvalue weighted by Gasteiger charge is -2.17. The third-order valence-corrected chi connectivity index (χ3v) is 1.82. The molecule has 0 rings (SSSR count). The zero-order chi connectivity index (χ0) is 10.1. The van der Waals surface area contributed by atoms with Crippen molar-refractivity contribution in [3.63, 3.8) is 0 Å². The van der Waals surface area contributed by atoms with Crippen molar-refractivity contribution in [2.75, 3.05) is 26.7 Å². The number of terminal acetylenes is 1. The van der Waals surface area contributed by atoms with Gasteiger partial charge < -0.3 is 4.74 Å². The molecule has 0 saturated heterocycles. The first-order valence-electron chi connectivity index (χ1n) is 4.47. The molecule has 0 atom stereocenters. The molecule has 0 aromatic carbocycles. The van der Waals surface area contributed by atoms with Gasteiger partial charge in [0.25, 0.3) is 0 Å². The largest absolute Gasteiger partial charge is 0.468 e. The summed E-state index contributed by atoms with van der Waals surface area (Å²) in [5.41, 5.74) is 0. The highest BCUT2D eigenvalue weighted by molar-refractivity contribution is 5.71. The van der Waals surface area contributed by atoms with Crippen molar-refractivity contribution in [2.45, 2.75) is 19.8 Å². The van der Waals surface area contributed by atoms with E-state index in [2.05, 4.69) is 10.7 Å². The van der Waals surface area contributed by atoms with Crippen LogP contribution in [0.15, 0.2) is 0 Å². The van der Waals surface area contributed by atoms with Crippen LogP contribution < -0.4 is 0 Å². The van der Waals surface area contributed by atoms with Crippen LogP contribution in [0.3, 0.4) is 0 Å². The summed E-state index contributed by atoms with van der Waals surface area (Å²) in [5, 5.41) is 0. The average molecular weight is 183 g/mol. The maximum atomic E-state index is 10.9. The van der Waals surface area contributed by atoms with Crippen LogP contribution in [-0.2, 0) is 9.53 Å². The average Bonchev–Trinajstić information content (AvgIpc) is 2.16. The van der Waals surface area contributed by atoms with Crippen LogP contribution in [0.2, 0.25) is 0 Å². The summed E-state index contributed by atoms with van der Waals surface area (Å²) in [6.07, 6.45) is 6.82. The Morgan fingerprint density at radius 2 is 2.31 bits per heavy atom. The van der Waals surface area contributed by atoms with Gasteiger partial charge in [-0.15, -0.1) is 12.3 Å². The van der Waals surface area contributed by atoms with Gasteiger partial charge in [0.1, 0.15) is 0 Å². The zero-order valence-electron chi connectivity index (χ0n) is 8.38. The van der Waals surface area contributed by atoms with Crippen LogP contribution in [0.25, 0.3) is 0 Å². The number of ether oxygens (including phenoxy) is 1. The highest BCUT2D eigenvalue weighted by Crippen LogP contribution is 1.94. The molecule has 0 radical (unpaired) electrons. The van der Waals surface area contributed by atoms with E-state index in [0.717, 1.165) is 25.9 Å². The molecule has 0 aliphatic heterocycles. The molecule has 13 heavy (non-hydrogen) atoms. The summed E-state index contributed by atoms with van der Waals surface area (Å²) in [7, 11) is 1.40. The molecule has 3 nitrogen and oxygen atoms in total. The van der Waals surface area contributed by atoms with E-state index >= 15 is 0 Å². The van der Waals surface area contributed by atoms with Gasteiger partial charge in [0.15, 0.2) is 0 Å². The number of likely N-dealkylation sites (N-methyl/N-ethyl adjacent to an activating group) is 1. The molecule has 74 valence electrons. The van der Waals surface area contributed by atoms with Crippen LogP contribution in [-0.4, -0.2) is 37.6 Å². The first kappa shape index (κ1) is 12.0. The normalized spacial score (nSPS) is 9.69. The van der Waals surface area contributed by atoms with Crippen molar-refractivity contribution in [2.24, 2.45) is 0 Å². The molecule has 0 aromatic rings. The number of carbonyl (C=O) groups is 1. The second-order valence-corrected chi connectivity index (χ2v) is 2.75. The number of esters is 1. The quantitative estimate of drug-likeness (QED) is 0.348. The monoisotopic (exact) mass is 183 g/mol. The predicted octanol–water partition coefficient (Wildman–Crippen LogP) is 0.895. The number of hydrogen-bond donors (Lipinski definition) is 0. The van der Waals surface area contributed by atoms with E-state index in [0.29, 0.717) is 6.54 Å². The number of carbonyl (C=O) groups excluding carboxylic acids is 1. The van der Waals surface area contributed by atoms with E-state index in [-0.39, 0.29) is 5.97 Å². The van der Waals surface area contributed by atoms with E-state index in [9.17, 15) is 4.79 Å². The molecule has 0 amide bonds. The molecule has 0 fully saturated rings. The number of rotatable bonds is 6. The van der Waals surface area contributed by atoms with Gasteiger partial charge in [0.2, 0.25) is 0 Å². The third-order valence-electron chi connectivity index (χ3n) is 1.82. The number of unbranched alkanes of at least 4 members (excludes halogenated alkanes) is 1. The zero-order valence-corrected chi connectivity index (χ0v) is 8.38. The minimum atomic E-state index is -0.192. The van der Waals surface area contributed by atoms with Gasteiger partial charge in [-0.2, -0.15) is 0 Å². The Balaban J connectivity index is 3.64. The van der Waals surface area contributed by atoms with Crippen LogP contribution in [0.4, 0.5) is 0 Å². The van der Waals surface area contributed by atoms with E-state index in [1.807, 2.05) is 11.8 Å². The van der Waals surface area contributed by atoms with Gasteiger partial charge in [-0.3, -0.25) is 9.69 Å². The first-order valence-corrected chi connectivity index (χ1v) is 4.47. The number of methoxy groups -OCH3 is 1. The van der Waals surface area contributed by atoms with Gasteiger partial charge in [-0.25, -0.2) is 0 Å². The van der Waals surface area contributed by atoms with Gasteiger partial charge in [-0.1, -0.05) is 6.92 Å². The van der Waals surface area contributed by atoms with Crippen LogP contribution in [0, 0.1) is 12.3 Å². The fourth-order valence-corrected chi connectivity index (χ4v) is 1.00. The van der Waals surface area contributed by atoms with Crippen molar-refractivity contribution < 1.29 is 9.53 Å². The molecule has 0 aromatic heterocycles. The SMILES string of the molecule is C#CCCCN(CC)CC(=O)OC. The molecule has 0 N–H and O–H groups in total. The van der Waals surface area contributed by atoms with Crippen molar-refractivity contribution in [3.8, 4) is 12.3 Å². The van der Waals surface area contributed by atoms with Crippen LogP contribution >= 0.6 is 0 Å². The van der Waals surface area contributed by atoms with E-state index in [4.69, 9.17) is 6.42 Å². The van der Waals surface area contributed by atoms with Crippen molar-refractivity contribution in [1.82, 2.24) is 4.90 Å². The Morgan fingerprint density at radius 1 is 1.62 bits per heavy atom. The Bertz CT molecular complexity index is 184. The molecule has 0 saturated carbocycles. The fraction of sp³-hybridized carbons (Fsp3) is 0.700. The highest BCUT2D eigenvalue weighted by Gasteiger charge is 2.07. The molecule has 0 aliphatic rings. The van der Waals surface area contributed by atoms with Gasteiger partial charge in [0.05, 0.1) is 13.7 Å². The van der Waals surface area contributed by atoms with Gasteiger partial charge in [-0.05, 0) is 19.5 Å². The Kier molecular flexibility index (Phi) is 7.04. The van der Waals surface area contributed by atoms with E-state index in [1.54, 1.807) is 0 Å². The molecule has 0 aliphatic carbocycles. The van der Waals surface area contributed by atoms with Crippen LogP contribution in [0.5, 0.6) is 0 Å². The molecule has 0 heterocycles. The molecular formula is C10H17NO2. The Hall–Kier alpha value is -1.01. The molecular weight excluding hydrogens is 166 g/mol. The lowest BCUT2D eigenvalue weighted by molar-refractivity contribution is -0.141. The van der Waals surface area contributed by atoms with Gasteiger partial charge >= 0.3 is 5.97 Å². The summed E-state index contributed by atoms with van der Waals surface area (Å²) < 4.78 is 4.57. The summed E-state index contributed by atoms with van der Waals surface area (Å²) in [5.74, 6) is 2.38. The molecule has 0 bridgehead atoms. The van der Waals surface area contributed by atoms with Gasteiger partial charge in [0, 0.05) is 6.42 Å². The summed E-state index contributed by atoms with van der Waals surface area (Å²) in [6.45, 7) is 4.08. The summed E-state index contributed by atoms with van der Waals surface area (Å²) in [4.78, 5) is 12.9. The minimum Gasteiger partial charge on any atom is -0.468 e. The highest BCUT2D eigenvalue weighted by atomic mass is 16.5. The predicted molar refractivity (Wildman–Crippen MR) is 52.2 cm³/mol. The van der Waals surface area contributed by atoms with E-state index in [1.165, 1.54) is 7.11 Å². The van der Waals surface area contributed by atoms with Crippen molar-refractivity contribution in [1.29, 1.82) is 0 Å². The number of hydrogen-bond acceptors (Lipinski definition) is 3. The summed E-state index contributed by atoms with van der Waals surface area (Å²) in [6, 6.07) is 0. The fourth-order valence-electron chi connectivity index (χ4n) is 1.00. The molecule has 3 heteroatoms. The lowest BCUT2D eigenvalue weighted by atomic mass is 10.3. The van der Waals surface area contributed by atoms with E-state index < -0.39 is 0 Å². The van der Waals surface area contributed by atoms with Crippen molar-refractivity contribution in [3.05, 3.63) is 0 Å². The Labute approximate surface area is 80.1 Å². The number of nitrogens with zero attached hydrogens (tertiary/aromatic N) is 1. The smallest absolute Gasteiger partial charge is 0.319 e. The third kappa shape index (κ3) is 6.18. The molecule has 0 unspecified atom stereocenters. The topological polar surface area (TPSA) is 29.5 Å². The second-order valence-electron chi connectivity index (χ2n) is 2.75. The van der Waals surface area contributed by atoms with Crippen molar-refractivity contribution >= 4 is 5.97 Å².